The van der Waals surface area contributed by atoms with E-state index in [4.69, 9.17) is 4.74 Å². The lowest BCUT2D eigenvalue weighted by Gasteiger charge is -2.14. The molecular weight excluding hydrogens is 322 g/mol. The molecule has 0 aliphatic rings. The molecule has 0 saturated carbocycles. The van der Waals surface area contributed by atoms with Crippen LogP contribution in [-0.2, 0) is 11.3 Å². The topological polar surface area (TPSA) is 56.1 Å². The monoisotopic (exact) mass is 341 g/mol. The highest BCUT2D eigenvalue weighted by molar-refractivity contribution is 7.08. The number of carbonyl (C=O) groups is 1. The highest BCUT2D eigenvalue weighted by atomic mass is 32.1. The van der Waals surface area contributed by atoms with E-state index in [1.54, 1.807) is 18.3 Å². The number of rotatable bonds is 7. The minimum Gasteiger partial charge on any atom is -0.481 e. The second-order valence-corrected chi connectivity index (χ2v) is 6.12. The van der Waals surface area contributed by atoms with Crippen molar-refractivity contribution in [2.75, 3.05) is 6.54 Å². The molecule has 0 saturated heterocycles. The Kier molecular flexibility index (Phi) is 5.28. The van der Waals surface area contributed by atoms with Crippen molar-refractivity contribution in [1.82, 2.24) is 15.1 Å². The summed E-state index contributed by atoms with van der Waals surface area (Å²) in [6.07, 6.45) is 1.38. The highest BCUT2D eigenvalue weighted by Gasteiger charge is 2.13. The molecule has 5 nitrogen and oxygen atoms in total. The minimum atomic E-state index is -0.536. The summed E-state index contributed by atoms with van der Waals surface area (Å²) < 4.78 is 7.43. The summed E-state index contributed by atoms with van der Waals surface area (Å²) >= 11 is 1.65. The number of benzene rings is 1. The third-order valence-corrected chi connectivity index (χ3v) is 4.21. The number of hydrogen-bond donors (Lipinski definition) is 1. The average Bonchev–Trinajstić information content (AvgIpc) is 3.27. The number of nitrogens with one attached hydrogen (secondary N) is 1. The molecule has 0 aliphatic carbocycles. The van der Waals surface area contributed by atoms with Crippen LogP contribution in [0.15, 0.2) is 59.4 Å². The quantitative estimate of drug-likeness (QED) is 0.718. The van der Waals surface area contributed by atoms with E-state index in [1.165, 1.54) is 0 Å². The third-order valence-electron chi connectivity index (χ3n) is 3.52. The van der Waals surface area contributed by atoms with Gasteiger partial charge in [0.1, 0.15) is 5.75 Å². The fraction of sp³-hybridized carbons (Fsp3) is 0.222. The maximum atomic E-state index is 12.1. The first-order valence-electron chi connectivity index (χ1n) is 7.78. The molecule has 0 spiro atoms. The van der Waals surface area contributed by atoms with Gasteiger partial charge in [0.2, 0.25) is 0 Å². The Labute approximate surface area is 144 Å². The van der Waals surface area contributed by atoms with Gasteiger partial charge in [-0.05, 0) is 36.6 Å². The van der Waals surface area contributed by atoms with Crippen LogP contribution in [0.4, 0.5) is 0 Å². The number of carbonyl (C=O) groups excluding carboxylic acids is 1. The van der Waals surface area contributed by atoms with Gasteiger partial charge in [-0.3, -0.25) is 9.48 Å². The van der Waals surface area contributed by atoms with Crippen LogP contribution in [0.5, 0.6) is 5.75 Å². The van der Waals surface area contributed by atoms with Crippen LogP contribution in [0, 0.1) is 0 Å². The van der Waals surface area contributed by atoms with Gasteiger partial charge in [-0.25, -0.2) is 0 Å². The predicted molar refractivity (Wildman–Crippen MR) is 95.1 cm³/mol. The summed E-state index contributed by atoms with van der Waals surface area (Å²) in [5.41, 5.74) is 2.07. The first-order valence-corrected chi connectivity index (χ1v) is 8.72. The largest absolute Gasteiger partial charge is 0.481 e. The van der Waals surface area contributed by atoms with Crippen molar-refractivity contribution in [1.29, 1.82) is 0 Å². The van der Waals surface area contributed by atoms with Crippen molar-refractivity contribution >= 4 is 17.2 Å². The molecule has 1 atom stereocenters. The summed E-state index contributed by atoms with van der Waals surface area (Å²) in [7, 11) is 0. The summed E-state index contributed by atoms with van der Waals surface area (Å²) in [5.74, 6) is 0.552. The van der Waals surface area contributed by atoms with Crippen molar-refractivity contribution in [3.8, 4) is 17.0 Å². The molecule has 0 aliphatic heterocycles. The molecule has 0 bridgehead atoms. The SMILES string of the molecule is C[C@H](Oc1ccccc1)C(=O)NCCn1ccc(-c2ccsc2)n1. The molecule has 0 fully saturated rings. The van der Waals surface area contributed by atoms with E-state index in [2.05, 4.69) is 15.8 Å². The fourth-order valence-corrected chi connectivity index (χ4v) is 2.89. The van der Waals surface area contributed by atoms with E-state index in [9.17, 15) is 4.79 Å². The molecular formula is C18H19N3O2S. The zero-order valence-electron chi connectivity index (χ0n) is 13.4. The van der Waals surface area contributed by atoms with E-state index in [0.717, 1.165) is 11.3 Å². The lowest BCUT2D eigenvalue weighted by atomic mass is 10.2. The number of nitrogens with zero attached hydrogens (tertiary/aromatic N) is 2. The van der Waals surface area contributed by atoms with E-state index in [-0.39, 0.29) is 5.91 Å². The maximum Gasteiger partial charge on any atom is 0.260 e. The molecule has 0 unspecified atom stereocenters. The van der Waals surface area contributed by atoms with E-state index < -0.39 is 6.10 Å². The molecule has 124 valence electrons. The summed E-state index contributed by atoms with van der Waals surface area (Å²) in [4.78, 5) is 12.1. The number of thiophene rings is 1. The van der Waals surface area contributed by atoms with Crippen LogP contribution in [0.25, 0.3) is 11.3 Å². The van der Waals surface area contributed by atoms with Gasteiger partial charge in [0, 0.05) is 23.7 Å². The van der Waals surface area contributed by atoms with Crippen LogP contribution in [0.2, 0.25) is 0 Å². The van der Waals surface area contributed by atoms with Crippen molar-refractivity contribution in [2.45, 2.75) is 19.6 Å². The first-order chi connectivity index (χ1) is 11.7. The Balaban J connectivity index is 1.45. The molecule has 0 radical (unpaired) electrons. The van der Waals surface area contributed by atoms with Crippen LogP contribution in [0.3, 0.4) is 0 Å². The van der Waals surface area contributed by atoms with E-state index >= 15 is 0 Å². The van der Waals surface area contributed by atoms with Crippen LogP contribution < -0.4 is 10.1 Å². The predicted octanol–water partition coefficient (Wildman–Crippen LogP) is 3.20. The number of hydrogen-bond acceptors (Lipinski definition) is 4. The molecule has 3 rings (SSSR count). The molecule has 2 heterocycles. The van der Waals surface area contributed by atoms with Gasteiger partial charge in [0.05, 0.1) is 12.2 Å². The second-order valence-electron chi connectivity index (χ2n) is 5.34. The average molecular weight is 341 g/mol. The zero-order valence-corrected chi connectivity index (χ0v) is 14.2. The molecule has 2 aromatic heterocycles. The molecule has 24 heavy (non-hydrogen) atoms. The lowest BCUT2D eigenvalue weighted by Crippen LogP contribution is -2.37. The highest BCUT2D eigenvalue weighted by Crippen LogP contribution is 2.19. The number of ether oxygens (including phenoxy) is 1. The standard InChI is InChI=1S/C18H19N3O2S/c1-14(23-16-5-3-2-4-6-16)18(22)19-9-11-21-10-7-17(20-21)15-8-12-24-13-15/h2-8,10,12-14H,9,11H2,1H3,(H,19,22)/t14-/m0/s1. The Bertz CT molecular complexity index is 769. The van der Waals surface area contributed by atoms with E-state index in [0.29, 0.717) is 18.8 Å². The number of para-hydroxylation sites is 1. The van der Waals surface area contributed by atoms with Crippen LogP contribution >= 0.6 is 11.3 Å². The molecule has 1 amide bonds. The first kappa shape index (κ1) is 16.3. The zero-order chi connectivity index (χ0) is 16.8. The Morgan fingerprint density at radius 1 is 1.29 bits per heavy atom. The fourth-order valence-electron chi connectivity index (χ4n) is 2.24. The van der Waals surface area contributed by atoms with Gasteiger partial charge in [-0.15, -0.1) is 0 Å². The number of aromatic nitrogens is 2. The number of amides is 1. The smallest absolute Gasteiger partial charge is 0.260 e. The van der Waals surface area contributed by atoms with Gasteiger partial charge in [0.15, 0.2) is 6.10 Å². The van der Waals surface area contributed by atoms with Gasteiger partial charge < -0.3 is 10.1 Å². The Morgan fingerprint density at radius 3 is 2.88 bits per heavy atom. The normalized spacial score (nSPS) is 11.9. The van der Waals surface area contributed by atoms with Crippen molar-refractivity contribution in [3.05, 3.63) is 59.4 Å². The van der Waals surface area contributed by atoms with Crippen molar-refractivity contribution in [2.24, 2.45) is 0 Å². The summed E-state index contributed by atoms with van der Waals surface area (Å²) in [5, 5.41) is 11.5. The molecule has 1 aromatic carbocycles. The van der Waals surface area contributed by atoms with Gasteiger partial charge in [-0.1, -0.05) is 18.2 Å². The lowest BCUT2D eigenvalue weighted by molar-refractivity contribution is -0.127. The van der Waals surface area contributed by atoms with Gasteiger partial charge >= 0.3 is 0 Å². The van der Waals surface area contributed by atoms with Gasteiger partial charge in [-0.2, -0.15) is 16.4 Å². The Hall–Kier alpha value is -2.60. The molecule has 1 N–H and O–H groups in total. The third kappa shape index (κ3) is 4.23. The van der Waals surface area contributed by atoms with E-state index in [1.807, 2.05) is 58.7 Å². The van der Waals surface area contributed by atoms with Crippen molar-refractivity contribution < 1.29 is 9.53 Å². The summed E-state index contributed by atoms with van der Waals surface area (Å²) in [6.45, 7) is 2.87. The molecule has 6 heteroatoms. The van der Waals surface area contributed by atoms with Crippen LogP contribution in [0.1, 0.15) is 6.92 Å². The molecule has 3 aromatic rings. The van der Waals surface area contributed by atoms with Crippen molar-refractivity contribution in [3.63, 3.8) is 0 Å². The maximum absolute atomic E-state index is 12.1. The second kappa shape index (κ2) is 7.79. The minimum absolute atomic E-state index is 0.135. The van der Waals surface area contributed by atoms with Crippen LogP contribution in [-0.4, -0.2) is 28.3 Å². The van der Waals surface area contributed by atoms with Gasteiger partial charge in [0.25, 0.3) is 5.91 Å². The summed E-state index contributed by atoms with van der Waals surface area (Å²) in [6, 6.07) is 13.4. The Morgan fingerprint density at radius 2 is 2.12 bits per heavy atom.